The van der Waals surface area contributed by atoms with Crippen molar-refractivity contribution < 1.29 is 14.1 Å². The Balaban J connectivity index is 2.41. The summed E-state index contributed by atoms with van der Waals surface area (Å²) in [7, 11) is 0. The molecule has 0 unspecified atom stereocenters. The number of hydrogen-bond donors (Lipinski definition) is 0. The zero-order chi connectivity index (χ0) is 14.0. The van der Waals surface area contributed by atoms with Gasteiger partial charge in [0.15, 0.2) is 0 Å². The van der Waals surface area contributed by atoms with E-state index in [0.29, 0.717) is 11.3 Å². The summed E-state index contributed by atoms with van der Waals surface area (Å²) in [5, 5.41) is 10.9. The van der Waals surface area contributed by atoms with Crippen LogP contribution in [0.3, 0.4) is 0 Å². The molecule has 0 aliphatic heterocycles. The molecule has 98 valence electrons. The molecule has 0 N–H and O–H groups in total. The summed E-state index contributed by atoms with van der Waals surface area (Å²) in [5.41, 5.74) is -0.0900. The van der Waals surface area contributed by atoms with Crippen molar-refractivity contribution in [1.82, 2.24) is 0 Å². The molecule has 2 aromatic rings. The molecule has 0 aliphatic carbocycles. The molecule has 4 nitrogen and oxygen atoms in total. The molecule has 2 aromatic carbocycles. The summed E-state index contributed by atoms with van der Waals surface area (Å²) < 4.78 is 19.8. The topological polar surface area (TPSA) is 52.4 Å². The molecule has 0 fully saturated rings. The quantitative estimate of drug-likeness (QED) is 0.454. The first-order chi connectivity index (χ1) is 8.97. The van der Waals surface area contributed by atoms with Crippen molar-refractivity contribution >= 4 is 28.3 Å². The minimum absolute atomic E-state index is 0.0325. The number of nitrogens with zero attached hydrogens (tertiary/aromatic N) is 1. The van der Waals surface area contributed by atoms with E-state index in [-0.39, 0.29) is 11.4 Å². The Hall–Kier alpha value is -1.70. The van der Waals surface area contributed by atoms with Crippen molar-refractivity contribution in [1.29, 1.82) is 0 Å². The Bertz CT molecular complexity index is 629. The summed E-state index contributed by atoms with van der Waals surface area (Å²) in [5.74, 6) is -0.124. The first kappa shape index (κ1) is 13.7. The van der Waals surface area contributed by atoms with Gasteiger partial charge >= 0.3 is 5.69 Å². The van der Waals surface area contributed by atoms with E-state index in [1.807, 2.05) is 12.1 Å². The van der Waals surface area contributed by atoms with Crippen LogP contribution < -0.4 is 4.74 Å². The predicted octanol–water partition coefficient (Wildman–Crippen LogP) is 4.44. The Morgan fingerprint density at radius 3 is 2.47 bits per heavy atom. The van der Waals surface area contributed by atoms with E-state index >= 15 is 0 Å². The summed E-state index contributed by atoms with van der Waals surface area (Å²) in [6.07, 6.45) is 0. The highest BCUT2D eigenvalue weighted by Gasteiger charge is 2.19. The molecule has 19 heavy (non-hydrogen) atoms. The molecule has 6 heteroatoms. The van der Waals surface area contributed by atoms with Crippen LogP contribution in [-0.2, 0) is 0 Å². The van der Waals surface area contributed by atoms with Crippen LogP contribution in [0, 0.1) is 26.4 Å². The van der Waals surface area contributed by atoms with Crippen LogP contribution in [0.5, 0.6) is 11.5 Å². The van der Waals surface area contributed by atoms with Crippen LogP contribution in [0.15, 0.2) is 36.4 Å². The lowest BCUT2D eigenvalue weighted by Crippen LogP contribution is -1.96. The molecule has 0 atom stereocenters. The first-order valence-electron chi connectivity index (χ1n) is 5.35. The predicted molar refractivity (Wildman–Crippen MR) is 77.0 cm³/mol. The Kier molecular flexibility index (Phi) is 3.98. The van der Waals surface area contributed by atoms with Crippen LogP contribution in [-0.4, -0.2) is 4.92 Å². The summed E-state index contributed by atoms with van der Waals surface area (Å²) in [4.78, 5) is 10.2. The molecule has 0 aliphatic rings. The fourth-order valence-electron chi connectivity index (χ4n) is 1.50. The summed E-state index contributed by atoms with van der Waals surface area (Å²) in [6.45, 7) is 1.53. The Morgan fingerprint density at radius 2 is 1.89 bits per heavy atom. The van der Waals surface area contributed by atoms with Gasteiger partial charge in [0, 0.05) is 3.57 Å². The van der Waals surface area contributed by atoms with E-state index in [1.54, 1.807) is 12.1 Å². The molecule has 2 rings (SSSR count). The lowest BCUT2D eigenvalue weighted by Gasteiger charge is -2.07. The van der Waals surface area contributed by atoms with Gasteiger partial charge in [-0.2, -0.15) is 0 Å². The number of nitro benzene ring substituents is 1. The summed E-state index contributed by atoms with van der Waals surface area (Å²) in [6, 6.07) is 9.23. The van der Waals surface area contributed by atoms with Gasteiger partial charge in [-0.3, -0.25) is 10.1 Å². The van der Waals surface area contributed by atoms with Crippen LogP contribution in [0.1, 0.15) is 5.56 Å². The van der Waals surface area contributed by atoms with Crippen molar-refractivity contribution in [3.63, 3.8) is 0 Å². The largest absolute Gasteiger partial charge is 0.450 e. The second-order valence-corrected chi connectivity index (χ2v) is 5.13. The minimum Gasteiger partial charge on any atom is -0.450 e. The maximum atomic E-state index is 13.4. The van der Waals surface area contributed by atoms with Crippen molar-refractivity contribution in [3.8, 4) is 11.5 Å². The highest BCUT2D eigenvalue weighted by molar-refractivity contribution is 14.1. The van der Waals surface area contributed by atoms with Crippen LogP contribution in [0.25, 0.3) is 0 Å². The number of nitro groups is 1. The SMILES string of the molecule is Cc1cc(Oc2ccc(I)cc2)c([N+](=O)[O-])cc1F. The highest BCUT2D eigenvalue weighted by atomic mass is 127. The lowest BCUT2D eigenvalue weighted by atomic mass is 10.2. The van der Waals surface area contributed by atoms with E-state index in [0.717, 1.165) is 9.64 Å². The van der Waals surface area contributed by atoms with E-state index in [9.17, 15) is 14.5 Å². The van der Waals surface area contributed by atoms with Crippen molar-refractivity contribution in [2.75, 3.05) is 0 Å². The summed E-state index contributed by atoms with van der Waals surface area (Å²) >= 11 is 2.14. The van der Waals surface area contributed by atoms with Crippen molar-refractivity contribution in [2.24, 2.45) is 0 Å². The van der Waals surface area contributed by atoms with Crippen molar-refractivity contribution in [3.05, 3.63) is 61.5 Å². The van der Waals surface area contributed by atoms with Gasteiger partial charge in [-0.1, -0.05) is 0 Å². The molecule has 0 heterocycles. The van der Waals surface area contributed by atoms with Gasteiger partial charge in [0.1, 0.15) is 11.6 Å². The zero-order valence-electron chi connectivity index (χ0n) is 9.89. The third-order valence-corrected chi connectivity index (χ3v) is 3.20. The lowest BCUT2D eigenvalue weighted by molar-refractivity contribution is -0.385. The third kappa shape index (κ3) is 3.19. The zero-order valence-corrected chi connectivity index (χ0v) is 12.0. The van der Waals surface area contributed by atoms with Crippen LogP contribution >= 0.6 is 22.6 Å². The number of aryl methyl sites for hydroxylation is 1. The number of ether oxygens (including phenoxy) is 1. The molecule has 0 aromatic heterocycles. The number of benzene rings is 2. The molecule has 0 bridgehead atoms. The van der Waals surface area contributed by atoms with Gasteiger partial charge in [-0.05, 0) is 65.4 Å². The fraction of sp³-hybridized carbons (Fsp3) is 0.0769. The molecule has 0 radical (unpaired) electrons. The molecule has 0 saturated carbocycles. The molecule has 0 spiro atoms. The standard InChI is InChI=1S/C13H9FINO3/c1-8-6-13(12(16(17)18)7-11(8)14)19-10-4-2-9(15)3-5-10/h2-7H,1H3. The average molecular weight is 373 g/mol. The smallest absolute Gasteiger partial charge is 0.314 e. The average Bonchev–Trinajstić information content (AvgIpc) is 2.36. The number of halogens is 2. The molecular weight excluding hydrogens is 364 g/mol. The molecule has 0 amide bonds. The first-order valence-corrected chi connectivity index (χ1v) is 6.43. The third-order valence-electron chi connectivity index (χ3n) is 2.48. The Morgan fingerprint density at radius 1 is 1.26 bits per heavy atom. The normalized spacial score (nSPS) is 10.3. The van der Waals surface area contributed by atoms with Crippen LogP contribution in [0.2, 0.25) is 0 Å². The van der Waals surface area contributed by atoms with Crippen LogP contribution in [0.4, 0.5) is 10.1 Å². The van der Waals surface area contributed by atoms with Gasteiger partial charge < -0.3 is 4.74 Å². The number of hydrogen-bond acceptors (Lipinski definition) is 3. The number of rotatable bonds is 3. The van der Waals surface area contributed by atoms with Gasteiger partial charge in [-0.25, -0.2) is 4.39 Å². The maximum absolute atomic E-state index is 13.4. The van der Waals surface area contributed by atoms with Gasteiger partial charge in [0.25, 0.3) is 0 Å². The van der Waals surface area contributed by atoms with Crippen molar-refractivity contribution in [2.45, 2.75) is 6.92 Å². The monoisotopic (exact) mass is 373 g/mol. The van der Waals surface area contributed by atoms with E-state index in [1.165, 1.54) is 13.0 Å². The maximum Gasteiger partial charge on any atom is 0.314 e. The van der Waals surface area contributed by atoms with Gasteiger partial charge in [0.2, 0.25) is 5.75 Å². The van der Waals surface area contributed by atoms with E-state index < -0.39 is 10.7 Å². The van der Waals surface area contributed by atoms with Gasteiger partial charge in [-0.15, -0.1) is 0 Å². The van der Waals surface area contributed by atoms with Gasteiger partial charge in [0.05, 0.1) is 11.0 Å². The minimum atomic E-state index is -0.662. The van der Waals surface area contributed by atoms with E-state index in [2.05, 4.69) is 22.6 Å². The fourth-order valence-corrected chi connectivity index (χ4v) is 1.86. The Labute approximate surface area is 122 Å². The second-order valence-electron chi connectivity index (χ2n) is 3.88. The molecule has 0 saturated heterocycles. The highest BCUT2D eigenvalue weighted by Crippen LogP contribution is 2.33. The van der Waals surface area contributed by atoms with E-state index in [4.69, 9.17) is 4.74 Å². The second kappa shape index (κ2) is 5.52. The molecular formula is C13H9FINO3.